The van der Waals surface area contributed by atoms with Gasteiger partial charge in [-0.25, -0.2) is 0 Å². The van der Waals surface area contributed by atoms with Crippen LogP contribution in [0, 0.1) is 5.92 Å². The summed E-state index contributed by atoms with van der Waals surface area (Å²) in [5.41, 5.74) is 1.33. The van der Waals surface area contributed by atoms with E-state index in [-0.39, 0.29) is 0 Å². The Bertz CT molecular complexity index is 413. The standard InChI is InChI=1S/C16H24N2O/c1-18-9-6-13(7-10-18)12-17-15-8-11-19-16-5-3-2-4-14(15)16/h2-5,13,15,17H,6-12H2,1H3. The number of benzene rings is 1. The van der Waals surface area contributed by atoms with Gasteiger partial charge in [-0.1, -0.05) is 18.2 Å². The fraction of sp³-hybridized carbons (Fsp3) is 0.625. The number of nitrogens with zero attached hydrogens (tertiary/aromatic N) is 1. The van der Waals surface area contributed by atoms with E-state index in [4.69, 9.17) is 4.74 Å². The van der Waals surface area contributed by atoms with Crippen LogP contribution >= 0.6 is 0 Å². The summed E-state index contributed by atoms with van der Waals surface area (Å²) >= 11 is 0. The summed E-state index contributed by atoms with van der Waals surface area (Å²) < 4.78 is 5.71. The van der Waals surface area contributed by atoms with Crippen molar-refractivity contribution in [1.29, 1.82) is 0 Å². The first kappa shape index (κ1) is 12.9. The van der Waals surface area contributed by atoms with Crippen molar-refractivity contribution in [3.63, 3.8) is 0 Å². The fourth-order valence-electron chi connectivity index (χ4n) is 3.13. The Balaban J connectivity index is 1.56. The Morgan fingerprint density at radius 2 is 2.00 bits per heavy atom. The Hall–Kier alpha value is -1.06. The number of likely N-dealkylation sites (tertiary alicyclic amines) is 1. The van der Waals surface area contributed by atoms with E-state index in [0.717, 1.165) is 31.2 Å². The van der Waals surface area contributed by atoms with Crippen LogP contribution in [-0.4, -0.2) is 38.2 Å². The molecule has 3 heteroatoms. The van der Waals surface area contributed by atoms with Crippen LogP contribution in [0.1, 0.15) is 30.9 Å². The van der Waals surface area contributed by atoms with Gasteiger partial charge >= 0.3 is 0 Å². The van der Waals surface area contributed by atoms with Crippen molar-refractivity contribution in [3.05, 3.63) is 29.8 Å². The first-order valence-corrected chi connectivity index (χ1v) is 7.46. The highest BCUT2D eigenvalue weighted by atomic mass is 16.5. The van der Waals surface area contributed by atoms with Gasteiger partial charge in [-0.15, -0.1) is 0 Å². The van der Waals surface area contributed by atoms with Gasteiger partial charge in [0.05, 0.1) is 6.61 Å². The number of nitrogens with one attached hydrogen (secondary N) is 1. The molecule has 3 nitrogen and oxygen atoms in total. The van der Waals surface area contributed by atoms with Crippen molar-refractivity contribution in [2.24, 2.45) is 5.92 Å². The first-order valence-electron chi connectivity index (χ1n) is 7.46. The smallest absolute Gasteiger partial charge is 0.124 e. The lowest BCUT2D eigenvalue weighted by molar-refractivity contribution is 0.203. The van der Waals surface area contributed by atoms with Gasteiger partial charge in [0.15, 0.2) is 0 Å². The Morgan fingerprint density at radius 3 is 2.84 bits per heavy atom. The number of fused-ring (bicyclic) bond motifs is 1. The van der Waals surface area contributed by atoms with E-state index in [1.54, 1.807) is 0 Å². The Labute approximate surface area is 115 Å². The monoisotopic (exact) mass is 260 g/mol. The average Bonchev–Trinajstić information content (AvgIpc) is 2.47. The third-order valence-corrected chi connectivity index (χ3v) is 4.45. The topological polar surface area (TPSA) is 24.5 Å². The number of hydrogen-bond acceptors (Lipinski definition) is 3. The van der Waals surface area contributed by atoms with E-state index >= 15 is 0 Å². The van der Waals surface area contributed by atoms with Crippen molar-refractivity contribution in [1.82, 2.24) is 10.2 Å². The summed E-state index contributed by atoms with van der Waals surface area (Å²) in [6.07, 6.45) is 3.74. The maximum atomic E-state index is 5.71. The molecule has 1 N–H and O–H groups in total. The zero-order chi connectivity index (χ0) is 13.1. The molecule has 0 radical (unpaired) electrons. The zero-order valence-corrected chi connectivity index (χ0v) is 11.8. The molecule has 0 amide bonds. The molecule has 0 spiro atoms. The highest BCUT2D eigenvalue weighted by Crippen LogP contribution is 2.31. The molecular weight excluding hydrogens is 236 g/mol. The largest absolute Gasteiger partial charge is 0.493 e. The fourth-order valence-corrected chi connectivity index (χ4v) is 3.13. The van der Waals surface area contributed by atoms with Gasteiger partial charge in [0.1, 0.15) is 5.75 Å². The molecule has 0 saturated carbocycles. The molecule has 104 valence electrons. The van der Waals surface area contributed by atoms with E-state index in [9.17, 15) is 0 Å². The van der Waals surface area contributed by atoms with E-state index in [1.807, 2.05) is 0 Å². The molecule has 0 aromatic heterocycles. The van der Waals surface area contributed by atoms with Crippen LogP contribution in [0.15, 0.2) is 24.3 Å². The average molecular weight is 260 g/mol. The predicted octanol–water partition coefficient (Wildman–Crippen LogP) is 2.44. The second kappa shape index (κ2) is 5.93. The molecule has 0 aliphatic carbocycles. The van der Waals surface area contributed by atoms with Crippen LogP contribution in [-0.2, 0) is 0 Å². The van der Waals surface area contributed by atoms with Crippen molar-refractivity contribution in [3.8, 4) is 5.75 Å². The van der Waals surface area contributed by atoms with Gasteiger partial charge in [0, 0.05) is 18.0 Å². The Kier molecular flexibility index (Phi) is 4.04. The highest BCUT2D eigenvalue weighted by molar-refractivity contribution is 5.37. The van der Waals surface area contributed by atoms with Crippen molar-refractivity contribution < 1.29 is 4.74 Å². The number of piperidine rings is 1. The van der Waals surface area contributed by atoms with Crippen LogP contribution < -0.4 is 10.1 Å². The number of hydrogen-bond donors (Lipinski definition) is 1. The number of ether oxygens (including phenoxy) is 1. The lowest BCUT2D eigenvalue weighted by Gasteiger charge is -2.32. The van der Waals surface area contributed by atoms with Gasteiger partial charge in [-0.2, -0.15) is 0 Å². The summed E-state index contributed by atoms with van der Waals surface area (Å²) in [4.78, 5) is 2.43. The minimum absolute atomic E-state index is 0.476. The number of rotatable bonds is 3. The van der Waals surface area contributed by atoms with Crippen LogP contribution in [0.5, 0.6) is 5.75 Å². The summed E-state index contributed by atoms with van der Waals surface area (Å²) in [6.45, 7) is 4.47. The third-order valence-electron chi connectivity index (χ3n) is 4.45. The van der Waals surface area contributed by atoms with Crippen molar-refractivity contribution >= 4 is 0 Å². The summed E-state index contributed by atoms with van der Waals surface area (Å²) in [5.74, 6) is 1.90. The maximum Gasteiger partial charge on any atom is 0.124 e. The molecule has 2 heterocycles. The van der Waals surface area contributed by atoms with E-state index in [1.165, 1.54) is 31.5 Å². The highest BCUT2D eigenvalue weighted by Gasteiger charge is 2.22. The summed E-state index contributed by atoms with van der Waals surface area (Å²) in [5, 5.41) is 3.76. The van der Waals surface area contributed by atoms with Gasteiger partial charge in [-0.05, 0) is 51.5 Å². The van der Waals surface area contributed by atoms with E-state index < -0.39 is 0 Å². The molecule has 2 aliphatic heterocycles. The van der Waals surface area contributed by atoms with Crippen LogP contribution in [0.2, 0.25) is 0 Å². The van der Waals surface area contributed by atoms with E-state index in [0.29, 0.717) is 6.04 Å². The van der Waals surface area contributed by atoms with E-state index in [2.05, 4.69) is 41.5 Å². The van der Waals surface area contributed by atoms with Crippen LogP contribution in [0.4, 0.5) is 0 Å². The quantitative estimate of drug-likeness (QED) is 0.903. The molecule has 2 aliphatic rings. The second-order valence-electron chi connectivity index (χ2n) is 5.88. The molecule has 1 aromatic rings. The summed E-state index contributed by atoms with van der Waals surface area (Å²) in [7, 11) is 2.22. The third kappa shape index (κ3) is 3.10. The van der Waals surface area contributed by atoms with Gasteiger partial charge < -0.3 is 15.0 Å². The minimum Gasteiger partial charge on any atom is -0.493 e. The Morgan fingerprint density at radius 1 is 1.21 bits per heavy atom. The first-order chi connectivity index (χ1) is 9.33. The minimum atomic E-state index is 0.476. The molecule has 1 fully saturated rings. The zero-order valence-electron chi connectivity index (χ0n) is 11.8. The van der Waals surface area contributed by atoms with Gasteiger partial charge in [0.25, 0.3) is 0 Å². The molecule has 19 heavy (non-hydrogen) atoms. The molecule has 1 unspecified atom stereocenters. The van der Waals surface area contributed by atoms with Crippen LogP contribution in [0.3, 0.4) is 0 Å². The van der Waals surface area contributed by atoms with Crippen molar-refractivity contribution in [2.75, 3.05) is 33.3 Å². The van der Waals surface area contributed by atoms with Crippen molar-refractivity contribution in [2.45, 2.75) is 25.3 Å². The molecule has 3 rings (SSSR count). The second-order valence-corrected chi connectivity index (χ2v) is 5.88. The maximum absolute atomic E-state index is 5.71. The van der Waals surface area contributed by atoms with Gasteiger partial charge in [-0.3, -0.25) is 0 Å². The van der Waals surface area contributed by atoms with Crippen LogP contribution in [0.25, 0.3) is 0 Å². The lowest BCUT2D eigenvalue weighted by atomic mass is 9.95. The molecule has 0 bridgehead atoms. The number of para-hydroxylation sites is 1. The van der Waals surface area contributed by atoms with Gasteiger partial charge in [0.2, 0.25) is 0 Å². The predicted molar refractivity (Wildman–Crippen MR) is 77.5 cm³/mol. The normalized spacial score (nSPS) is 24.8. The molecule has 1 aromatic carbocycles. The lowest BCUT2D eigenvalue weighted by Crippen LogP contribution is -2.37. The SMILES string of the molecule is CN1CCC(CNC2CCOc3ccccc32)CC1. The molecule has 1 saturated heterocycles. The molecular formula is C16H24N2O. The molecule has 1 atom stereocenters. The summed E-state index contributed by atoms with van der Waals surface area (Å²) in [6, 6.07) is 8.92.